The van der Waals surface area contributed by atoms with Crippen LogP contribution in [0.3, 0.4) is 0 Å². The number of nitrogens with one attached hydrogen (secondary N) is 2. The smallest absolute Gasteiger partial charge is 0.337 e. The molecule has 110 valence electrons. The Morgan fingerprint density at radius 2 is 1.80 bits per heavy atom. The minimum absolute atomic E-state index is 0.132. The molecule has 0 aliphatic rings. The van der Waals surface area contributed by atoms with Gasteiger partial charge in [0.15, 0.2) is 0 Å². The fraction of sp³-hybridized carbons (Fsp3) is 0.273. The van der Waals surface area contributed by atoms with Crippen LogP contribution in [-0.4, -0.2) is 30.6 Å². The first kappa shape index (κ1) is 18.2. The number of aromatic carboxylic acids is 1. The van der Waals surface area contributed by atoms with Crippen LogP contribution in [0.1, 0.15) is 15.9 Å². The number of carboxylic acids is 1. The number of hydrogen-bond acceptors (Lipinski definition) is 4. The fourth-order valence-corrected chi connectivity index (χ4v) is 5.48. The van der Waals surface area contributed by atoms with Gasteiger partial charge in [-0.25, -0.2) is 4.79 Å². The number of nitrogen functional groups attached to an aromatic ring is 1. The van der Waals surface area contributed by atoms with Crippen LogP contribution in [-0.2, 0) is 11.3 Å². The quantitative estimate of drug-likeness (QED) is 0.298. The van der Waals surface area contributed by atoms with Gasteiger partial charge in [-0.1, -0.05) is 0 Å². The summed E-state index contributed by atoms with van der Waals surface area (Å²) in [5.41, 5.74) is 7.42. The fourth-order valence-electron chi connectivity index (χ4n) is 1.47. The Balaban J connectivity index is 3.13. The highest BCUT2D eigenvalue weighted by Gasteiger charge is 2.22. The average molecular weight is 615 g/mol. The van der Waals surface area contributed by atoms with E-state index in [0.29, 0.717) is 19.4 Å². The molecule has 1 rings (SSSR count). The zero-order chi connectivity index (χ0) is 15.4. The zero-order valence-electron chi connectivity index (χ0n) is 10.4. The Morgan fingerprint density at radius 3 is 2.30 bits per heavy atom. The molecule has 20 heavy (non-hydrogen) atoms. The highest BCUT2D eigenvalue weighted by atomic mass is 127. The molecule has 0 aliphatic heterocycles. The number of carboxylic acid groups (broad SMARTS) is 1. The molecule has 1 aromatic carbocycles. The normalized spacial score (nSPS) is 10.4. The molecule has 0 fully saturated rings. The van der Waals surface area contributed by atoms with E-state index in [1.54, 1.807) is 7.05 Å². The summed E-state index contributed by atoms with van der Waals surface area (Å²) in [6.45, 7) is 0.544. The molecule has 0 spiro atoms. The summed E-state index contributed by atoms with van der Waals surface area (Å²) in [5.74, 6) is -1.14. The Hall–Kier alpha value is 0.110. The van der Waals surface area contributed by atoms with Crippen LogP contribution in [0.2, 0.25) is 0 Å². The highest BCUT2D eigenvalue weighted by Crippen LogP contribution is 2.33. The molecule has 9 heteroatoms. The van der Waals surface area contributed by atoms with E-state index >= 15 is 0 Å². The average Bonchev–Trinajstić information content (AvgIpc) is 2.39. The van der Waals surface area contributed by atoms with Gasteiger partial charge in [0, 0.05) is 20.7 Å². The van der Waals surface area contributed by atoms with E-state index in [1.807, 2.05) is 45.2 Å². The predicted octanol–water partition coefficient (Wildman–Crippen LogP) is 1.62. The van der Waals surface area contributed by atoms with Crippen molar-refractivity contribution in [1.82, 2.24) is 10.6 Å². The number of carbonyl (C=O) groups is 2. The van der Waals surface area contributed by atoms with E-state index in [1.165, 1.54) is 0 Å². The lowest BCUT2D eigenvalue weighted by atomic mass is 10.1. The van der Waals surface area contributed by atoms with E-state index in [-0.39, 0.29) is 18.0 Å². The molecule has 0 atom stereocenters. The third-order valence-electron chi connectivity index (χ3n) is 2.52. The molecule has 0 heterocycles. The summed E-state index contributed by atoms with van der Waals surface area (Å²) < 4.78 is 1.99. The molecular formula is C11H12I3N3O3. The Bertz CT molecular complexity index is 564. The Labute approximate surface area is 157 Å². The number of rotatable bonds is 5. The first-order valence-electron chi connectivity index (χ1n) is 5.40. The minimum atomic E-state index is -1.01. The molecule has 0 radical (unpaired) electrons. The molecule has 0 aliphatic carbocycles. The van der Waals surface area contributed by atoms with Crippen molar-refractivity contribution in [3.8, 4) is 0 Å². The number of anilines is 1. The number of amides is 1. The molecule has 1 aromatic rings. The van der Waals surface area contributed by atoms with Crippen molar-refractivity contribution in [3.05, 3.63) is 21.8 Å². The van der Waals surface area contributed by atoms with E-state index in [0.717, 1.165) is 9.13 Å². The van der Waals surface area contributed by atoms with Gasteiger partial charge in [0.05, 0.1) is 21.4 Å². The third kappa shape index (κ3) is 4.07. The summed E-state index contributed by atoms with van der Waals surface area (Å²) in [5, 5.41) is 14.8. The first-order valence-corrected chi connectivity index (χ1v) is 8.64. The van der Waals surface area contributed by atoms with Crippen LogP contribution in [0.25, 0.3) is 0 Å². The van der Waals surface area contributed by atoms with Crippen molar-refractivity contribution in [2.75, 3.05) is 19.3 Å². The van der Waals surface area contributed by atoms with Crippen LogP contribution < -0.4 is 16.4 Å². The van der Waals surface area contributed by atoms with Crippen LogP contribution in [0.4, 0.5) is 5.69 Å². The predicted molar refractivity (Wildman–Crippen MR) is 102 cm³/mol. The molecule has 5 N–H and O–H groups in total. The van der Waals surface area contributed by atoms with Gasteiger partial charge >= 0.3 is 5.97 Å². The molecule has 1 amide bonds. The molecule has 0 bridgehead atoms. The number of nitrogens with two attached hydrogens (primary N) is 1. The third-order valence-corrected chi connectivity index (χ3v) is 6.06. The van der Waals surface area contributed by atoms with Gasteiger partial charge < -0.3 is 21.5 Å². The molecule has 6 nitrogen and oxygen atoms in total. The number of halogens is 3. The van der Waals surface area contributed by atoms with Gasteiger partial charge in [-0.3, -0.25) is 4.79 Å². The summed E-state index contributed by atoms with van der Waals surface area (Å²) in [7, 11) is 1.56. The number of benzene rings is 1. The van der Waals surface area contributed by atoms with E-state index in [2.05, 4.69) is 33.2 Å². The number of hydrogen-bond donors (Lipinski definition) is 4. The second kappa shape index (κ2) is 7.93. The van der Waals surface area contributed by atoms with Crippen molar-refractivity contribution in [2.24, 2.45) is 0 Å². The molecule has 0 saturated heterocycles. The van der Waals surface area contributed by atoms with Gasteiger partial charge in [0.1, 0.15) is 0 Å². The topological polar surface area (TPSA) is 104 Å². The first-order chi connectivity index (χ1) is 9.31. The highest BCUT2D eigenvalue weighted by molar-refractivity contribution is 14.1. The summed E-state index contributed by atoms with van der Waals surface area (Å²) in [6, 6.07) is 0. The van der Waals surface area contributed by atoms with Crippen molar-refractivity contribution in [2.45, 2.75) is 6.54 Å². The molecule has 0 aromatic heterocycles. The summed E-state index contributed by atoms with van der Waals surface area (Å²) in [4.78, 5) is 22.5. The van der Waals surface area contributed by atoms with Gasteiger partial charge in [0.2, 0.25) is 5.91 Å². The SMILES string of the molecule is CNC(=O)CNCc1c(I)c(N)c(I)c(C(=O)O)c1I. The number of carbonyl (C=O) groups excluding carboxylic acids is 1. The van der Waals surface area contributed by atoms with Crippen LogP contribution in [0.5, 0.6) is 0 Å². The maximum Gasteiger partial charge on any atom is 0.337 e. The number of likely N-dealkylation sites (N-methyl/N-ethyl adjacent to an activating group) is 1. The van der Waals surface area contributed by atoms with E-state index in [4.69, 9.17) is 5.73 Å². The lowest BCUT2D eigenvalue weighted by molar-refractivity contribution is -0.119. The van der Waals surface area contributed by atoms with Crippen molar-refractivity contribution < 1.29 is 14.7 Å². The lowest BCUT2D eigenvalue weighted by Crippen LogP contribution is -2.31. The minimum Gasteiger partial charge on any atom is -0.478 e. The van der Waals surface area contributed by atoms with Crippen molar-refractivity contribution >= 4 is 85.3 Å². The van der Waals surface area contributed by atoms with Crippen molar-refractivity contribution in [1.29, 1.82) is 0 Å². The van der Waals surface area contributed by atoms with Gasteiger partial charge in [-0.2, -0.15) is 0 Å². The van der Waals surface area contributed by atoms with Gasteiger partial charge in [-0.15, -0.1) is 0 Å². The van der Waals surface area contributed by atoms with Crippen LogP contribution in [0.15, 0.2) is 0 Å². The van der Waals surface area contributed by atoms with Gasteiger partial charge in [0.25, 0.3) is 0 Å². The van der Waals surface area contributed by atoms with Gasteiger partial charge in [-0.05, 0) is 73.3 Å². The van der Waals surface area contributed by atoms with Crippen LogP contribution >= 0.6 is 67.8 Å². The van der Waals surface area contributed by atoms with Crippen molar-refractivity contribution in [3.63, 3.8) is 0 Å². The summed E-state index contributed by atoms with van der Waals surface area (Å²) in [6.07, 6.45) is 0. The molecule has 0 unspecified atom stereocenters. The standard InChI is InChI=1S/C11H12I3N3O3/c1-16-5(18)3-17-2-4-7(12)6(11(19)20)9(14)10(15)8(4)13/h17H,2-3,15H2,1H3,(H,16,18)(H,19,20). The maximum absolute atomic E-state index is 11.3. The monoisotopic (exact) mass is 615 g/mol. The summed E-state index contributed by atoms with van der Waals surface area (Å²) >= 11 is 6.04. The molecular weight excluding hydrogens is 603 g/mol. The molecule has 0 saturated carbocycles. The maximum atomic E-state index is 11.3. The van der Waals surface area contributed by atoms with E-state index in [9.17, 15) is 14.7 Å². The largest absolute Gasteiger partial charge is 0.478 e. The Morgan fingerprint density at radius 1 is 1.20 bits per heavy atom. The second-order valence-electron chi connectivity index (χ2n) is 3.79. The Kier molecular flexibility index (Phi) is 7.20. The lowest BCUT2D eigenvalue weighted by Gasteiger charge is -2.15. The zero-order valence-corrected chi connectivity index (χ0v) is 16.9. The van der Waals surface area contributed by atoms with E-state index < -0.39 is 5.97 Å². The van der Waals surface area contributed by atoms with Crippen LogP contribution in [0, 0.1) is 10.7 Å². The second-order valence-corrected chi connectivity index (χ2v) is 7.03.